The van der Waals surface area contributed by atoms with E-state index < -0.39 is 10.1 Å². The number of rotatable bonds is 7. The van der Waals surface area contributed by atoms with Crippen molar-refractivity contribution in [2.75, 3.05) is 6.61 Å². The van der Waals surface area contributed by atoms with E-state index in [1.54, 1.807) is 24.3 Å². The topological polar surface area (TPSA) is 72.8 Å². The van der Waals surface area contributed by atoms with E-state index in [1.165, 1.54) is 38.5 Å². The normalized spacial score (nSPS) is 45.3. The molecule has 4 saturated carbocycles. The Kier molecular flexibility index (Phi) is 7.75. The van der Waals surface area contributed by atoms with Gasteiger partial charge in [-0.05, 0) is 136 Å². The molecule has 1 aromatic carbocycles. The van der Waals surface area contributed by atoms with Gasteiger partial charge in [-0.3, -0.25) is 4.18 Å². The molecule has 5 nitrogen and oxygen atoms in total. The number of aryl methyl sites for hydroxylation is 1. The van der Waals surface area contributed by atoms with Crippen molar-refractivity contribution in [1.29, 1.82) is 0 Å². The Bertz CT molecular complexity index is 1170. The summed E-state index contributed by atoms with van der Waals surface area (Å²) in [5.41, 5.74) is 1.82. The first-order valence-electron chi connectivity index (χ1n) is 16.2. The molecule has 6 rings (SSSR count). The molecule has 5 fully saturated rings. The van der Waals surface area contributed by atoms with Gasteiger partial charge >= 0.3 is 0 Å². The number of hydrogen-bond acceptors (Lipinski definition) is 5. The molecule has 1 heterocycles. The lowest BCUT2D eigenvalue weighted by atomic mass is 9.44. The fraction of sp³-hybridized carbons (Fsp3) is 0.824. The summed E-state index contributed by atoms with van der Waals surface area (Å²) < 4.78 is 37.5. The van der Waals surface area contributed by atoms with Crippen molar-refractivity contribution in [3.63, 3.8) is 0 Å². The van der Waals surface area contributed by atoms with Gasteiger partial charge in [0.1, 0.15) is 0 Å². The lowest BCUT2D eigenvalue weighted by Crippen LogP contribution is -2.54. The maximum absolute atomic E-state index is 12.6. The summed E-state index contributed by atoms with van der Waals surface area (Å²) in [6.45, 7) is 11.9. The number of ether oxygens (including phenoxy) is 1. The van der Waals surface area contributed by atoms with Gasteiger partial charge in [0, 0.05) is 0 Å². The molecule has 6 heteroatoms. The van der Waals surface area contributed by atoms with Crippen molar-refractivity contribution in [3.05, 3.63) is 29.8 Å². The van der Waals surface area contributed by atoms with Crippen LogP contribution < -0.4 is 0 Å². The van der Waals surface area contributed by atoms with Crippen LogP contribution in [0.1, 0.15) is 97.5 Å². The minimum absolute atomic E-state index is 0.0765. The van der Waals surface area contributed by atoms with Gasteiger partial charge in [-0.25, -0.2) is 0 Å². The fourth-order valence-corrected chi connectivity index (χ4v) is 11.8. The average molecular weight is 573 g/mol. The predicted octanol–water partition coefficient (Wildman–Crippen LogP) is 7.15. The van der Waals surface area contributed by atoms with Crippen LogP contribution in [0.2, 0.25) is 0 Å². The molecule has 0 radical (unpaired) electrons. The van der Waals surface area contributed by atoms with Crippen LogP contribution in [0.25, 0.3) is 0 Å². The molecule has 12 atom stereocenters. The van der Waals surface area contributed by atoms with Crippen LogP contribution >= 0.6 is 0 Å². The van der Waals surface area contributed by atoms with Gasteiger partial charge in [-0.15, -0.1) is 0 Å². The number of aliphatic hydroxyl groups excluding tert-OH is 1. The predicted molar refractivity (Wildman–Crippen MR) is 157 cm³/mol. The average Bonchev–Trinajstić information content (AvgIpc) is 3.40. The first-order chi connectivity index (χ1) is 18.9. The third-order valence-corrected chi connectivity index (χ3v) is 14.3. The van der Waals surface area contributed by atoms with Gasteiger partial charge in [-0.2, -0.15) is 8.42 Å². The molecular weight excluding hydrogens is 520 g/mol. The van der Waals surface area contributed by atoms with Crippen molar-refractivity contribution in [1.82, 2.24) is 0 Å². The van der Waals surface area contributed by atoms with Crippen molar-refractivity contribution in [2.24, 2.45) is 52.3 Å². The highest BCUT2D eigenvalue weighted by molar-refractivity contribution is 7.86. The fourth-order valence-electron chi connectivity index (χ4n) is 10.8. The Hall–Kier alpha value is -0.950. The van der Waals surface area contributed by atoms with Gasteiger partial charge in [0.25, 0.3) is 10.1 Å². The van der Waals surface area contributed by atoms with E-state index in [-0.39, 0.29) is 29.6 Å². The molecule has 40 heavy (non-hydrogen) atoms. The minimum atomic E-state index is -3.72. The third-order valence-electron chi connectivity index (χ3n) is 13.0. The summed E-state index contributed by atoms with van der Waals surface area (Å²) in [6.07, 6.45) is 12.2. The van der Waals surface area contributed by atoms with E-state index in [9.17, 15) is 13.5 Å². The standard InChI is InChI=1S/C34H52O5S/c1-21-6-10-26(11-7-21)40(36,37)38-20-22(2)8-13-30-23(3)32-31(39-30)19-29-27-12-9-24-18-25(35)14-16-33(24,4)28(27)15-17-34(29,32)5/h6-7,10-11,22-25,27-32,35H,8-9,12-20H2,1-5H3/t22-,23-,24-,25+,27-,28+,29+,30-,31+,32+,33+,34+/m1/s1. The first-order valence-corrected chi connectivity index (χ1v) is 17.6. The van der Waals surface area contributed by atoms with E-state index in [1.807, 2.05) is 6.92 Å². The SMILES string of the molecule is Cc1ccc(S(=O)(=O)OC[C@H](C)CC[C@H]2O[C@H]3C[C@H]4[C@@H]5CC[C@@H]6C[C@@H](O)CC[C@]6(C)[C@H]5CC[C@]4(C)[C@H]3[C@@H]2C)cc1. The van der Waals surface area contributed by atoms with E-state index in [0.717, 1.165) is 49.0 Å². The Morgan fingerprint density at radius 2 is 1.75 bits per heavy atom. The molecule has 1 N–H and O–H groups in total. The zero-order valence-corrected chi connectivity index (χ0v) is 26.2. The van der Waals surface area contributed by atoms with Crippen LogP contribution in [0.3, 0.4) is 0 Å². The van der Waals surface area contributed by atoms with Crippen LogP contribution in [0.5, 0.6) is 0 Å². The molecular formula is C34H52O5S. The summed E-state index contributed by atoms with van der Waals surface area (Å²) in [6, 6.07) is 6.85. The highest BCUT2D eigenvalue weighted by atomic mass is 32.2. The Morgan fingerprint density at radius 1 is 1.02 bits per heavy atom. The molecule has 0 bridgehead atoms. The van der Waals surface area contributed by atoms with Crippen LogP contribution in [-0.2, 0) is 19.0 Å². The van der Waals surface area contributed by atoms with Crippen LogP contribution in [0, 0.1) is 59.2 Å². The maximum atomic E-state index is 12.6. The second kappa shape index (κ2) is 10.6. The number of hydrogen-bond donors (Lipinski definition) is 1. The zero-order valence-electron chi connectivity index (χ0n) is 25.3. The number of fused-ring (bicyclic) bond motifs is 7. The third kappa shape index (κ3) is 4.91. The lowest BCUT2D eigenvalue weighted by Gasteiger charge is -2.61. The van der Waals surface area contributed by atoms with Crippen LogP contribution in [0.4, 0.5) is 0 Å². The zero-order chi connectivity index (χ0) is 28.4. The summed E-state index contributed by atoms with van der Waals surface area (Å²) >= 11 is 0. The van der Waals surface area contributed by atoms with Gasteiger partial charge in [-0.1, -0.05) is 45.4 Å². The molecule has 1 aromatic rings. The monoisotopic (exact) mass is 572 g/mol. The molecule has 1 aliphatic heterocycles. The van der Waals surface area contributed by atoms with E-state index in [0.29, 0.717) is 34.7 Å². The second-order valence-electron chi connectivity index (χ2n) is 15.2. The van der Waals surface area contributed by atoms with E-state index in [2.05, 4.69) is 27.7 Å². The Morgan fingerprint density at radius 3 is 2.50 bits per heavy atom. The molecule has 5 aliphatic rings. The molecule has 0 unspecified atom stereocenters. The van der Waals surface area contributed by atoms with Gasteiger partial charge in [0.15, 0.2) is 0 Å². The second-order valence-corrected chi connectivity index (χ2v) is 16.8. The Labute approximate surface area is 242 Å². The van der Waals surface area contributed by atoms with Crippen molar-refractivity contribution in [2.45, 2.75) is 122 Å². The molecule has 1 saturated heterocycles. The molecule has 224 valence electrons. The number of aliphatic hydroxyl groups is 1. The molecule has 0 aromatic heterocycles. The summed E-state index contributed by atoms with van der Waals surface area (Å²) in [5, 5.41) is 10.4. The first kappa shape index (κ1) is 29.1. The van der Waals surface area contributed by atoms with Crippen molar-refractivity contribution >= 4 is 10.1 Å². The summed E-state index contributed by atoms with van der Waals surface area (Å²) in [5.74, 6) is 4.45. The summed E-state index contributed by atoms with van der Waals surface area (Å²) in [4.78, 5) is 0.229. The quantitative estimate of drug-likeness (QED) is 0.351. The van der Waals surface area contributed by atoms with Crippen LogP contribution in [0.15, 0.2) is 29.2 Å². The molecule has 0 spiro atoms. The lowest BCUT2D eigenvalue weighted by molar-refractivity contribution is -0.130. The van der Waals surface area contributed by atoms with Crippen molar-refractivity contribution in [3.8, 4) is 0 Å². The smallest absolute Gasteiger partial charge is 0.296 e. The minimum Gasteiger partial charge on any atom is -0.393 e. The molecule has 0 amide bonds. The van der Waals surface area contributed by atoms with Gasteiger partial charge in [0.05, 0.1) is 29.8 Å². The number of benzene rings is 1. The van der Waals surface area contributed by atoms with Crippen molar-refractivity contribution < 1.29 is 22.4 Å². The maximum Gasteiger partial charge on any atom is 0.296 e. The summed E-state index contributed by atoms with van der Waals surface area (Å²) in [7, 11) is -3.72. The van der Waals surface area contributed by atoms with E-state index in [4.69, 9.17) is 8.92 Å². The Balaban J connectivity index is 1.05. The van der Waals surface area contributed by atoms with Crippen LogP contribution in [-0.4, -0.2) is 38.4 Å². The highest BCUT2D eigenvalue weighted by Gasteiger charge is 2.65. The molecule has 4 aliphatic carbocycles. The van der Waals surface area contributed by atoms with E-state index >= 15 is 0 Å². The van der Waals surface area contributed by atoms with Gasteiger partial charge in [0.2, 0.25) is 0 Å². The largest absolute Gasteiger partial charge is 0.393 e. The van der Waals surface area contributed by atoms with Gasteiger partial charge < -0.3 is 9.84 Å². The highest BCUT2D eigenvalue weighted by Crippen LogP contribution is 2.70.